The molecule has 2 aliphatic carbocycles. The Kier molecular flexibility index (Phi) is 5.41. The Morgan fingerprint density at radius 2 is 1.75 bits per heavy atom. The molecule has 2 fully saturated rings. The molecule has 1 aromatic carbocycles. The topological polar surface area (TPSA) is 78.8 Å². The third kappa shape index (κ3) is 4.08. The highest BCUT2D eigenvalue weighted by Gasteiger charge is 2.45. The first-order valence-corrected chi connectivity index (χ1v) is 8.90. The highest BCUT2D eigenvalue weighted by atomic mass is 16.5. The second-order valence-electron chi connectivity index (χ2n) is 7.34. The van der Waals surface area contributed by atoms with Gasteiger partial charge >= 0.3 is 0 Å². The van der Waals surface area contributed by atoms with Gasteiger partial charge in [-0.05, 0) is 37.8 Å². The zero-order valence-electron chi connectivity index (χ0n) is 14.0. The first-order valence-electron chi connectivity index (χ1n) is 8.90. The van der Waals surface area contributed by atoms with Gasteiger partial charge in [-0.3, -0.25) is 4.79 Å². The van der Waals surface area contributed by atoms with Crippen LogP contribution in [0.5, 0.6) is 5.75 Å². The van der Waals surface area contributed by atoms with Gasteiger partial charge in [-0.2, -0.15) is 0 Å². The molecule has 0 aliphatic heterocycles. The van der Waals surface area contributed by atoms with Gasteiger partial charge in [0.15, 0.2) is 0 Å². The van der Waals surface area contributed by atoms with Crippen molar-refractivity contribution in [2.24, 2.45) is 11.3 Å². The lowest BCUT2D eigenvalue weighted by Gasteiger charge is -2.29. The monoisotopic (exact) mass is 333 g/mol. The molecule has 5 heteroatoms. The number of hydrogen-bond acceptors (Lipinski definition) is 4. The number of nitrogens with one attached hydrogen (secondary N) is 1. The van der Waals surface area contributed by atoms with Crippen LogP contribution in [0.2, 0.25) is 0 Å². The third-order valence-corrected chi connectivity index (χ3v) is 5.38. The number of hydrogen-bond donors (Lipinski definition) is 3. The van der Waals surface area contributed by atoms with E-state index in [2.05, 4.69) is 5.32 Å². The zero-order valence-corrected chi connectivity index (χ0v) is 14.0. The van der Waals surface area contributed by atoms with Crippen LogP contribution in [0, 0.1) is 11.3 Å². The van der Waals surface area contributed by atoms with E-state index in [0.717, 1.165) is 31.4 Å². The van der Waals surface area contributed by atoms with Crippen molar-refractivity contribution in [3.05, 3.63) is 30.3 Å². The summed E-state index contributed by atoms with van der Waals surface area (Å²) in [6.07, 6.45) is 3.53. The minimum atomic E-state index is -0.757. The number of aliphatic hydroxyl groups is 2. The normalized spacial score (nSPS) is 30.4. The van der Waals surface area contributed by atoms with E-state index in [1.807, 2.05) is 30.3 Å². The molecule has 3 atom stereocenters. The van der Waals surface area contributed by atoms with E-state index in [4.69, 9.17) is 4.74 Å². The predicted molar refractivity (Wildman–Crippen MR) is 90.6 cm³/mol. The van der Waals surface area contributed by atoms with Crippen molar-refractivity contribution in [3.63, 3.8) is 0 Å². The third-order valence-electron chi connectivity index (χ3n) is 5.38. The van der Waals surface area contributed by atoms with Crippen molar-refractivity contribution < 1.29 is 19.7 Å². The molecular formula is C19H27NO4. The number of benzene rings is 1. The number of aliphatic hydroxyl groups excluding tert-OH is 2. The standard InChI is InChI=1S/C19H27NO4/c21-16-10-19(11-17(16)22,13-24-15-8-2-1-3-9-15)12-20-18(23)14-6-4-5-7-14/h1-3,8-9,14,16-17,21-22H,4-7,10-13H2,(H,20,23)/t16-,17+,19?. The van der Waals surface area contributed by atoms with E-state index >= 15 is 0 Å². The Morgan fingerprint density at radius 3 is 2.38 bits per heavy atom. The van der Waals surface area contributed by atoms with Gasteiger partial charge in [0.2, 0.25) is 5.91 Å². The highest BCUT2D eigenvalue weighted by Crippen LogP contribution is 2.39. The van der Waals surface area contributed by atoms with Crippen molar-refractivity contribution in [3.8, 4) is 5.75 Å². The molecule has 5 nitrogen and oxygen atoms in total. The van der Waals surface area contributed by atoms with E-state index in [0.29, 0.717) is 26.0 Å². The van der Waals surface area contributed by atoms with E-state index in [1.54, 1.807) is 0 Å². The van der Waals surface area contributed by atoms with Gasteiger partial charge in [0.1, 0.15) is 5.75 Å². The van der Waals surface area contributed by atoms with E-state index in [-0.39, 0.29) is 11.8 Å². The number of amides is 1. The summed E-state index contributed by atoms with van der Waals surface area (Å²) >= 11 is 0. The van der Waals surface area contributed by atoms with Gasteiger partial charge < -0.3 is 20.3 Å². The summed E-state index contributed by atoms with van der Waals surface area (Å²) in [5, 5.41) is 23.0. The fraction of sp³-hybridized carbons (Fsp3) is 0.632. The molecule has 132 valence electrons. The van der Waals surface area contributed by atoms with Crippen LogP contribution in [0.25, 0.3) is 0 Å². The Bertz CT molecular complexity index is 532. The van der Waals surface area contributed by atoms with Crippen LogP contribution in [0.3, 0.4) is 0 Å². The second-order valence-corrected chi connectivity index (χ2v) is 7.34. The van der Waals surface area contributed by atoms with Crippen LogP contribution in [0.1, 0.15) is 38.5 Å². The summed E-state index contributed by atoms with van der Waals surface area (Å²) in [5.41, 5.74) is -0.428. The number of rotatable bonds is 6. The molecule has 24 heavy (non-hydrogen) atoms. The smallest absolute Gasteiger partial charge is 0.223 e. The SMILES string of the molecule is O=C(NCC1(COc2ccccc2)C[C@@H](O)[C@@H](O)C1)C1CCCC1. The van der Waals surface area contributed by atoms with Crippen LogP contribution < -0.4 is 10.1 Å². The Hall–Kier alpha value is -1.59. The quantitative estimate of drug-likeness (QED) is 0.743. The molecule has 2 aliphatic rings. The Morgan fingerprint density at radius 1 is 1.12 bits per heavy atom. The molecule has 3 N–H and O–H groups in total. The average molecular weight is 333 g/mol. The lowest BCUT2D eigenvalue weighted by molar-refractivity contribution is -0.125. The summed E-state index contributed by atoms with van der Waals surface area (Å²) < 4.78 is 5.87. The van der Waals surface area contributed by atoms with Gasteiger partial charge in [0.05, 0.1) is 18.8 Å². The molecule has 0 radical (unpaired) electrons. The van der Waals surface area contributed by atoms with Crippen LogP contribution in [0.4, 0.5) is 0 Å². The molecule has 1 amide bonds. The van der Waals surface area contributed by atoms with E-state index in [9.17, 15) is 15.0 Å². The maximum absolute atomic E-state index is 12.3. The van der Waals surface area contributed by atoms with Gasteiger partial charge in [0.25, 0.3) is 0 Å². The summed E-state index contributed by atoms with van der Waals surface area (Å²) in [6.45, 7) is 0.805. The molecule has 2 saturated carbocycles. The molecule has 0 bridgehead atoms. The first kappa shape index (κ1) is 17.2. The van der Waals surface area contributed by atoms with Gasteiger partial charge in [0, 0.05) is 17.9 Å². The lowest BCUT2D eigenvalue weighted by Crippen LogP contribution is -2.42. The number of carbonyl (C=O) groups excluding carboxylic acids is 1. The van der Waals surface area contributed by atoms with Gasteiger partial charge in [-0.1, -0.05) is 31.0 Å². The summed E-state index contributed by atoms with van der Waals surface area (Å²) in [6, 6.07) is 9.50. The van der Waals surface area contributed by atoms with Crippen molar-refractivity contribution in [1.29, 1.82) is 0 Å². The molecule has 0 heterocycles. The molecular weight excluding hydrogens is 306 g/mol. The Labute approximate surface area is 143 Å². The molecule has 0 saturated heterocycles. The van der Waals surface area contributed by atoms with Crippen LogP contribution in [-0.4, -0.2) is 41.5 Å². The fourth-order valence-electron chi connectivity index (χ4n) is 3.92. The van der Waals surface area contributed by atoms with Crippen molar-refractivity contribution in [2.45, 2.75) is 50.7 Å². The van der Waals surface area contributed by atoms with Gasteiger partial charge in [-0.15, -0.1) is 0 Å². The lowest BCUT2D eigenvalue weighted by atomic mass is 9.86. The highest BCUT2D eigenvalue weighted by molar-refractivity contribution is 5.78. The van der Waals surface area contributed by atoms with Crippen LogP contribution in [-0.2, 0) is 4.79 Å². The number of carbonyl (C=O) groups is 1. The van der Waals surface area contributed by atoms with E-state index < -0.39 is 17.6 Å². The summed E-state index contributed by atoms with van der Waals surface area (Å²) in [7, 11) is 0. The number of ether oxygens (including phenoxy) is 1. The van der Waals surface area contributed by atoms with Crippen LogP contribution in [0.15, 0.2) is 30.3 Å². The maximum Gasteiger partial charge on any atom is 0.223 e. The average Bonchev–Trinajstić information content (AvgIpc) is 3.22. The van der Waals surface area contributed by atoms with E-state index in [1.165, 1.54) is 0 Å². The van der Waals surface area contributed by atoms with Crippen molar-refractivity contribution in [1.82, 2.24) is 5.32 Å². The second kappa shape index (κ2) is 7.53. The predicted octanol–water partition coefficient (Wildman–Crippen LogP) is 1.87. The molecule has 0 aromatic heterocycles. The summed E-state index contributed by atoms with van der Waals surface area (Å²) in [4.78, 5) is 12.3. The zero-order chi connectivity index (χ0) is 17.0. The fourth-order valence-corrected chi connectivity index (χ4v) is 3.92. The molecule has 3 rings (SSSR count). The molecule has 0 spiro atoms. The van der Waals surface area contributed by atoms with Crippen molar-refractivity contribution >= 4 is 5.91 Å². The number of para-hydroxylation sites is 1. The minimum absolute atomic E-state index is 0.0995. The first-order chi connectivity index (χ1) is 11.6. The van der Waals surface area contributed by atoms with Crippen molar-refractivity contribution in [2.75, 3.05) is 13.2 Å². The maximum atomic E-state index is 12.3. The molecule has 1 unspecified atom stereocenters. The Balaban J connectivity index is 1.61. The summed E-state index contributed by atoms with van der Waals surface area (Å²) in [5.74, 6) is 0.977. The van der Waals surface area contributed by atoms with Gasteiger partial charge in [-0.25, -0.2) is 0 Å². The molecule has 1 aromatic rings. The minimum Gasteiger partial charge on any atom is -0.493 e. The largest absolute Gasteiger partial charge is 0.493 e. The van der Waals surface area contributed by atoms with Crippen LogP contribution >= 0.6 is 0 Å².